The van der Waals surface area contributed by atoms with Crippen molar-refractivity contribution in [1.82, 2.24) is 5.43 Å². The molecule has 1 saturated carbocycles. The molecule has 86 valence electrons. The molecule has 15 heavy (non-hydrogen) atoms. The highest BCUT2D eigenvalue weighted by molar-refractivity contribution is 5.88. The highest BCUT2D eigenvalue weighted by atomic mass is 16.2. The molecule has 0 aromatic rings. The summed E-state index contributed by atoms with van der Waals surface area (Å²) in [6, 6.07) is -0.573. The Labute approximate surface area is 91.3 Å². The summed E-state index contributed by atoms with van der Waals surface area (Å²) in [5.41, 5.74) is 8.46. The zero-order valence-electron chi connectivity index (χ0n) is 9.62. The van der Waals surface area contributed by atoms with E-state index in [0.29, 0.717) is 11.8 Å². The van der Waals surface area contributed by atoms with Crippen molar-refractivity contribution in [1.29, 1.82) is 0 Å². The average molecular weight is 211 g/mol. The fourth-order valence-electron chi connectivity index (χ4n) is 2.16. The van der Waals surface area contributed by atoms with Crippen LogP contribution in [-0.2, 0) is 0 Å². The average Bonchev–Trinajstić information content (AvgIpc) is 2.15. The fraction of sp³-hybridized carbons (Fsp3) is 0.818. The smallest absolute Gasteiger partial charge is 0.332 e. The highest BCUT2D eigenvalue weighted by Gasteiger charge is 2.21. The van der Waals surface area contributed by atoms with E-state index in [9.17, 15) is 4.79 Å². The van der Waals surface area contributed by atoms with Crippen molar-refractivity contribution < 1.29 is 4.79 Å². The second kappa shape index (κ2) is 5.73. The highest BCUT2D eigenvalue weighted by Crippen LogP contribution is 2.27. The van der Waals surface area contributed by atoms with Gasteiger partial charge in [-0.25, -0.2) is 10.2 Å². The van der Waals surface area contributed by atoms with Gasteiger partial charge in [0.25, 0.3) is 0 Å². The van der Waals surface area contributed by atoms with Gasteiger partial charge in [-0.15, -0.1) is 0 Å². The fourth-order valence-corrected chi connectivity index (χ4v) is 2.16. The normalized spacial score (nSPS) is 24.5. The van der Waals surface area contributed by atoms with Crippen LogP contribution in [0.25, 0.3) is 0 Å². The first-order valence-electron chi connectivity index (χ1n) is 5.71. The van der Waals surface area contributed by atoms with E-state index in [4.69, 9.17) is 5.73 Å². The molecule has 0 aliphatic heterocycles. The molecule has 3 N–H and O–H groups in total. The van der Waals surface area contributed by atoms with Crippen LogP contribution in [0.4, 0.5) is 4.79 Å². The molecule has 0 bridgehead atoms. The molecular formula is C11H21N3O. The molecule has 0 radical (unpaired) electrons. The number of nitrogens with two attached hydrogens (primary N) is 1. The second-order valence-corrected chi connectivity index (χ2v) is 4.65. The summed E-state index contributed by atoms with van der Waals surface area (Å²) < 4.78 is 0. The van der Waals surface area contributed by atoms with E-state index in [1.807, 2.05) is 0 Å². The predicted octanol–water partition coefficient (Wildman–Crippen LogP) is 2.25. The Kier molecular flexibility index (Phi) is 4.59. The Morgan fingerprint density at radius 1 is 1.60 bits per heavy atom. The van der Waals surface area contributed by atoms with Crippen molar-refractivity contribution in [2.45, 2.75) is 46.0 Å². The van der Waals surface area contributed by atoms with Crippen molar-refractivity contribution in [3.05, 3.63) is 0 Å². The first kappa shape index (κ1) is 12.0. The maximum absolute atomic E-state index is 10.6. The number of nitrogens with zero attached hydrogens (tertiary/aromatic N) is 1. The number of primary amides is 1. The van der Waals surface area contributed by atoms with E-state index in [0.717, 1.165) is 18.6 Å². The van der Waals surface area contributed by atoms with E-state index < -0.39 is 6.03 Å². The minimum Gasteiger partial charge on any atom is -0.350 e. The van der Waals surface area contributed by atoms with E-state index >= 15 is 0 Å². The lowest BCUT2D eigenvalue weighted by atomic mass is 9.82. The molecule has 4 heteroatoms. The number of hydrazone groups is 1. The molecule has 0 saturated heterocycles. The van der Waals surface area contributed by atoms with Crippen LogP contribution in [0.5, 0.6) is 0 Å². The van der Waals surface area contributed by atoms with Crippen molar-refractivity contribution >= 4 is 11.7 Å². The summed E-state index contributed by atoms with van der Waals surface area (Å²) >= 11 is 0. The lowest BCUT2D eigenvalue weighted by Crippen LogP contribution is -2.29. The molecule has 0 aromatic carbocycles. The Morgan fingerprint density at radius 3 is 2.93 bits per heavy atom. The molecule has 1 atom stereocenters. The predicted molar refractivity (Wildman–Crippen MR) is 61.6 cm³/mol. The SMILES string of the molecule is CC(C)CC1CCCC/C1=N/NC(N)=O. The zero-order valence-corrected chi connectivity index (χ0v) is 9.62. The number of carbonyl (C=O) groups is 1. The molecule has 1 unspecified atom stereocenters. The van der Waals surface area contributed by atoms with Gasteiger partial charge in [-0.05, 0) is 37.5 Å². The van der Waals surface area contributed by atoms with Gasteiger partial charge in [-0.2, -0.15) is 5.10 Å². The summed E-state index contributed by atoms with van der Waals surface area (Å²) in [4.78, 5) is 10.6. The third kappa shape index (κ3) is 4.32. The topological polar surface area (TPSA) is 67.5 Å². The van der Waals surface area contributed by atoms with Crippen molar-refractivity contribution in [2.75, 3.05) is 0 Å². The molecule has 2 amide bonds. The van der Waals surface area contributed by atoms with Gasteiger partial charge in [0.1, 0.15) is 0 Å². The number of hydrogen-bond donors (Lipinski definition) is 2. The van der Waals surface area contributed by atoms with E-state index in [1.165, 1.54) is 19.3 Å². The first-order chi connectivity index (χ1) is 7.09. The number of rotatable bonds is 3. The third-order valence-corrected chi connectivity index (χ3v) is 2.77. The molecule has 1 fully saturated rings. The van der Waals surface area contributed by atoms with Gasteiger partial charge in [0.15, 0.2) is 0 Å². The summed E-state index contributed by atoms with van der Waals surface area (Å²) in [6.07, 6.45) is 5.79. The molecule has 0 aromatic heterocycles. The monoisotopic (exact) mass is 211 g/mol. The number of urea groups is 1. The minimum absolute atomic E-state index is 0.533. The largest absolute Gasteiger partial charge is 0.350 e. The zero-order chi connectivity index (χ0) is 11.3. The number of carbonyl (C=O) groups excluding carboxylic acids is 1. The molecular weight excluding hydrogens is 190 g/mol. The van der Waals surface area contributed by atoms with Crippen LogP contribution in [0.2, 0.25) is 0 Å². The number of hydrogen-bond acceptors (Lipinski definition) is 2. The Hall–Kier alpha value is -1.06. The van der Waals surface area contributed by atoms with Crippen molar-refractivity contribution in [3.63, 3.8) is 0 Å². The maximum atomic E-state index is 10.6. The summed E-state index contributed by atoms with van der Waals surface area (Å²) in [5, 5.41) is 4.11. The Balaban J connectivity index is 2.56. The van der Waals surface area contributed by atoms with Gasteiger partial charge < -0.3 is 5.73 Å². The summed E-state index contributed by atoms with van der Waals surface area (Å²) in [5.74, 6) is 1.21. The second-order valence-electron chi connectivity index (χ2n) is 4.65. The third-order valence-electron chi connectivity index (χ3n) is 2.77. The number of nitrogens with one attached hydrogen (secondary N) is 1. The summed E-state index contributed by atoms with van der Waals surface area (Å²) in [7, 11) is 0. The summed E-state index contributed by atoms with van der Waals surface area (Å²) in [6.45, 7) is 4.43. The van der Waals surface area contributed by atoms with Crippen LogP contribution in [0, 0.1) is 11.8 Å². The van der Waals surface area contributed by atoms with E-state index in [2.05, 4.69) is 24.4 Å². The number of amides is 2. The molecule has 1 aliphatic rings. The Bertz CT molecular complexity index is 248. The Morgan fingerprint density at radius 2 is 2.33 bits per heavy atom. The molecule has 0 spiro atoms. The van der Waals surface area contributed by atoms with E-state index in [-0.39, 0.29) is 0 Å². The molecule has 0 heterocycles. The van der Waals surface area contributed by atoms with Crippen LogP contribution in [-0.4, -0.2) is 11.7 Å². The molecule has 4 nitrogen and oxygen atoms in total. The van der Waals surface area contributed by atoms with Crippen LogP contribution < -0.4 is 11.2 Å². The van der Waals surface area contributed by atoms with Gasteiger partial charge in [-0.1, -0.05) is 20.3 Å². The van der Waals surface area contributed by atoms with Gasteiger partial charge in [0, 0.05) is 5.71 Å². The van der Waals surface area contributed by atoms with Gasteiger partial charge in [0.05, 0.1) is 0 Å². The quantitative estimate of drug-likeness (QED) is 0.691. The molecule has 1 rings (SSSR count). The van der Waals surface area contributed by atoms with Crippen LogP contribution in [0.15, 0.2) is 5.10 Å². The van der Waals surface area contributed by atoms with Crippen LogP contribution in [0.3, 0.4) is 0 Å². The minimum atomic E-state index is -0.573. The van der Waals surface area contributed by atoms with Gasteiger partial charge in [0.2, 0.25) is 0 Å². The van der Waals surface area contributed by atoms with Gasteiger partial charge >= 0.3 is 6.03 Å². The lowest BCUT2D eigenvalue weighted by Gasteiger charge is -2.25. The lowest BCUT2D eigenvalue weighted by molar-refractivity contribution is 0.249. The molecule has 1 aliphatic carbocycles. The van der Waals surface area contributed by atoms with Crippen molar-refractivity contribution in [3.8, 4) is 0 Å². The van der Waals surface area contributed by atoms with Crippen LogP contribution in [0.1, 0.15) is 46.0 Å². The van der Waals surface area contributed by atoms with E-state index in [1.54, 1.807) is 0 Å². The van der Waals surface area contributed by atoms with Crippen molar-refractivity contribution in [2.24, 2.45) is 22.7 Å². The maximum Gasteiger partial charge on any atom is 0.332 e. The van der Waals surface area contributed by atoms with Crippen LogP contribution >= 0.6 is 0 Å². The standard InChI is InChI=1S/C11H21N3O/c1-8(2)7-9-5-3-4-6-10(9)13-14-11(12)15/h8-9H,3-7H2,1-2H3,(H3,12,14,15)/b13-10-. The van der Waals surface area contributed by atoms with Gasteiger partial charge in [-0.3, -0.25) is 0 Å². The first-order valence-corrected chi connectivity index (χ1v) is 5.71.